The van der Waals surface area contributed by atoms with Gasteiger partial charge in [0.2, 0.25) is 0 Å². The second-order valence-corrected chi connectivity index (χ2v) is 1.55. The van der Waals surface area contributed by atoms with E-state index in [1.54, 1.807) is 0 Å². The standard InChI is InChI=1S/C4H5ClF2/c1-3(5)4(7)2-6/h4H,1-2H2. The summed E-state index contributed by atoms with van der Waals surface area (Å²) in [5.74, 6) is 0. The molecule has 0 N–H and O–H groups in total. The zero-order chi connectivity index (χ0) is 5.86. The lowest BCUT2D eigenvalue weighted by atomic mass is 10.4. The topological polar surface area (TPSA) is 0 Å². The van der Waals surface area contributed by atoms with Gasteiger partial charge in [-0.1, -0.05) is 18.2 Å². The Morgan fingerprint density at radius 1 is 1.86 bits per heavy atom. The number of alkyl halides is 2. The molecule has 0 radical (unpaired) electrons. The van der Waals surface area contributed by atoms with Gasteiger partial charge in [0.05, 0.1) is 0 Å². The Kier molecular flexibility index (Phi) is 2.92. The van der Waals surface area contributed by atoms with E-state index in [1.807, 2.05) is 0 Å². The monoisotopic (exact) mass is 126 g/mol. The summed E-state index contributed by atoms with van der Waals surface area (Å²) in [6.45, 7) is 1.90. The summed E-state index contributed by atoms with van der Waals surface area (Å²) >= 11 is 4.92. The lowest BCUT2D eigenvalue weighted by Crippen LogP contribution is -1.99. The Bertz CT molecular complexity index is 72.1. The van der Waals surface area contributed by atoms with E-state index >= 15 is 0 Å². The van der Waals surface area contributed by atoms with Crippen molar-refractivity contribution in [2.45, 2.75) is 6.17 Å². The highest BCUT2D eigenvalue weighted by Crippen LogP contribution is 2.07. The van der Waals surface area contributed by atoms with E-state index in [4.69, 9.17) is 11.6 Å². The highest BCUT2D eigenvalue weighted by molar-refractivity contribution is 6.29. The first-order valence-corrected chi connectivity index (χ1v) is 2.10. The van der Waals surface area contributed by atoms with Gasteiger partial charge in [0, 0.05) is 5.03 Å². The largest absolute Gasteiger partial charge is 0.247 e. The number of hydrogen-bond acceptors (Lipinski definition) is 0. The molecule has 0 saturated heterocycles. The van der Waals surface area contributed by atoms with Crippen LogP contribution in [0.3, 0.4) is 0 Å². The fourth-order valence-corrected chi connectivity index (χ4v) is 0.142. The summed E-state index contributed by atoms with van der Waals surface area (Å²) < 4.78 is 22.8. The molecule has 1 unspecified atom stereocenters. The van der Waals surface area contributed by atoms with Gasteiger partial charge >= 0.3 is 0 Å². The quantitative estimate of drug-likeness (QED) is 0.531. The van der Waals surface area contributed by atoms with Crippen LogP contribution in [0.4, 0.5) is 8.78 Å². The smallest absolute Gasteiger partial charge is 0.163 e. The average Bonchev–Trinajstić information content (AvgIpc) is 1.65. The van der Waals surface area contributed by atoms with Crippen LogP contribution in [0.1, 0.15) is 0 Å². The molecule has 0 nitrogen and oxygen atoms in total. The maximum atomic E-state index is 11.6. The molecule has 1 atom stereocenters. The molecule has 0 aromatic heterocycles. The molecular formula is C4H5ClF2. The van der Waals surface area contributed by atoms with Gasteiger partial charge in [-0.3, -0.25) is 0 Å². The van der Waals surface area contributed by atoms with Crippen molar-refractivity contribution in [3.8, 4) is 0 Å². The van der Waals surface area contributed by atoms with Gasteiger partial charge in [-0.15, -0.1) is 0 Å². The van der Waals surface area contributed by atoms with Crippen LogP contribution in [0.15, 0.2) is 11.6 Å². The minimum atomic E-state index is -1.69. The van der Waals surface area contributed by atoms with Crippen LogP contribution in [-0.2, 0) is 0 Å². The van der Waals surface area contributed by atoms with Gasteiger partial charge in [-0.25, -0.2) is 8.78 Å². The van der Waals surface area contributed by atoms with Crippen LogP contribution in [0, 0.1) is 0 Å². The Hall–Kier alpha value is -0.110. The number of rotatable bonds is 2. The third-order valence-electron chi connectivity index (χ3n) is 0.475. The van der Waals surface area contributed by atoms with Gasteiger partial charge in [-0.05, 0) is 0 Å². The van der Waals surface area contributed by atoms with Gasteiger partial charge in [-0.2, -0.15) is 0 Å². The summed E-state index contributed by atoms with van der Waals surface area (Å²) in [6, 6.07) is 0. The zero-order valence-corrected chi connectivity index (χ0v) is 4.38. The van der Waals surface area contributed by atoms with E-state index < -0.39 is 12.8 Å². The van der Waals surface area contributed by atoms with Crippen LogP contribution in [-0.4, -0.2) is 12.8 Å². The predicted octanol–water partition coefficient (Wildman–Crippen LogP) is 2.05. The molecule has 0 aromatic rings. The van der Waals surface area contributed by atoms with Gasteiger partial charge in [0.25, 0.3) is 0 Å². The Balaban J connectivity index is 3.34. The lowest BCUT2D eigenvalue weighted by molar-refractivity contribution is 0.306. The Labute approximate surface area is 45.8 Å². The van der Waals surface area contributed by atoms with Crippen molar-refractivity contribution in [2.24, 2.45) is 0 Å². The Morgan fingerprint density at radius 3 is 2.29 bits per heavy atom. The third kappa shape index (κ3) is 2.57. The first-order valence-electron chi connectivity index (χ1n) is 1.72. The molecule has 7 heavy (non-hydrogen) atoms. The fourth-order valence-electron chi connectivity index (χ4n) is 0.0837. The molecule has 0 aliphatic rings. The van der Waals surface area contributed by atoms with Crippen LogP contribution < -0.4 is 0 Å². The van der Waals surface area contributed by atoms with E-state index in [9.17, 15) is 8.78 Å². The van der Waals surface area contributed by atoms with Crippen LogP contribution in [0.2, 0.25) is 0 Å². The van der Waals surface area contributed by atoms with Crippen molar-refractivity contribution in [3.05, 3.63) is 11.6 Å². The molecule has 0 spiro atoms. The molecule has 0 fully saturated rings. The normalized spacial score (nSPS) is 13.6. The molecule has 0 saturated carbocycles. The van der Waals surface area contributed by atoms with E-state index in [0.29, 0.717) is 0 Å². The molecule has 0 aromatic carbocycles. The van der Waals surface area contributed by atoms with Crippen LogP contribution >= 0.6 is 11.6 Å². The minimum absolute atomic E-state index is 0.275. The van der Waals surface area contributed by atoms with E-state index in [0.717, 1.165) is 0 Å². The summed E-state index contributed by atoms with van der Waals surface area (Å²) in [6.07, 6.45) is -1.69. The average molecular weight is 127 g/mol. The summed E-state index contributed by atoms with van der Waals surface area (Å²) in [5, 5.41) is -0.275. The fraction of sp³-hybridized carbons (Fsp3) is 0.500. The predicted molar refractivity (Wildman–Crippen MR) is 25.9 cm³/mol. The Morgan fingerprint density at radius 2 is 2.29 bits per heavy atom. The van der Waals surface area contributed by atoms with Gasteiger partial charge < -0.3 is 0 Å². The van der Waals surface area contributed by atoms with E-state index in [-0.39, 0.29) is 5.03 Å². The van der Waals surface area contributed by atoms with E-state index in [2.05, 4.69) is 6.58 Å². The first kappa shape index (κ1) is 6.89. The molecular weight excluding hydrogens is 121 g/mol. The van der Waals surface area contributed by atoms with Crippen molar-refractivity contribution in [2.75, 3.05) is 6.67 Å². The molecule has 0 aliphatic heterocycles. The summed E-state index contributed by atoms with van der Waals surface area (Å²) in [4.78, 5) is 0. The molecule has 42 valence electrons. The zero-order valence-electron chi connectivity index (χ0n) is 3.63. The molecule has 3 heteroatoms. The van der Waals surface area contributed by atoms with Crippen LogP contribution in [0.25, 0.3) is 0 Å². The number of halogens is 3. The second-order valence-electron chi connectivity index (χ2n) is 1.07. The molecule has 0 aliphatic carbocycles. The molecule has 0 amide bonds. The maximum Gasteiger partial charge on any atom is 0.163 e. The molecule has 0 heterocycles. The van der Waals surface area contributed by atoms with Crippen LogP contribution in [0.5, 0.6) is 0 Å². The molecule has 0 rings (SSSR count). The van der Waals surface area contributed by atoms with Crippen molar-refractivity contribution in [1.29, 1.82) is 0 Å². The van der Waals surface area contributed by atoms with E-state index in [1.165, 1.54) is 0 Å². The number of allylic oxidation sites excluding steroid dienone is 1. The second kappa shape index (κ2) is 2.97. The maximum absolute atomic E-state index is 11.6. The van der Waals surface area contributed by atoms with Crippen molar-refractivity contribution >= 4 is 11.6 Å². The van der Waals surface area contributed by atoms with Crippen molar-refractivity contribution in [3.63, 3.8) is 0 Å². The number of hydrogen-bond donors (Lipinski definition) is 0. The summed E-state index contributed by atoms with van der Waals surface area (Å²) in [5.41, 5.74) is 0. The van der Waals surface area contributed by atoms with Gasteiger partial charge in [0.15, 0.2) is 6.17 Å². The van der Waals surface area contributed by atoms with Crippen molar-refractivity contribution in [1.82, 2.24) is 0 Å². The van der Waals surface area contributed by atoms with Crippen molar-refractivity contribution < 1.29 is 8.78 Å². The summed E-state index contributed by atoms with van der Waals surface area (Å²) in [7, 11) is 0. The highest BCUT2D eigenvalue weighted by atomic mass is 35.5. The minimum Gasteiger partial charge on any atom is -0.247 e. The molecule has 0 bridgehead atoms. The first-order chi connectivity index (χ1) is 3.18. The third-order valence-corrected chi connectivity index (χ3v) is 0.712. The lowest BCUT2D eigenvalue weighted by Gasteiger charge is -1.94. The van der Waals surface area contributed by atoms with Gasteiger partial charge in [0.1, 0.15) is 6.67 Å². The highest BCUT2D eigenvalue weighted by Gasteiger charge is 2.05. The SMILES string of the molecule is C=C(Cl)C(F)CF.